The van der Waals surface area contributed by atoms with Gasteiger partial charge in [0.15, 0.2) is 0 Å². The fourth-order valence-corrected chi connectivity index (χ4v) is 11.7. The van der Waals surface area contributed by atoms with Gasteiger partial charge in [-0.2, -0.15) is 0 Å². The van der Waals surface area contributed by atoms with Gasteiger partial charge in [-0.3, -0.25) is 14.2 Å². The zero-order valence-corrected chi connectivity index (χ0v) is 60.3. The number of phosphoric ester groups is 1. The van der Waals surface area contributed by atoms with Crippen LogP contribution in [-0.4, -0.2) is 69.4 Å². The van der Waals surface area contributed by atoms with E-state index in [9.17, 15) is 19.0 Å². The Balaban J connectivity index is 4.94. The van der Waals surface area contributed by atoms with Crippen LogP contribution in [0.5, 0.6) is 0 Å². The molecular weight excluding hydrogens is 1120 g/mol. The van der Waals surface area contributed by atoms with E-state index in [-0.39, 0.29) is 24.9 Å². The minimum atomic E-state index is -4.71. The van der Waals surface area contributed by atoms with Crippen LogP contribution in [0.2, 0.25) is 0 Å². The van der Waals surface area contributed by atoms with Crippen molar-refractivity contribution in [2.75, 3.05) is 40.9 Å². The Bertz CT molecular complexity index is 1800. The van der Waals surface area contributed by atoms with Gasteiger partial charge in [-0.05, 0) is 109 Å². The SMILES string of the molecule is CCCCC/C=C\C/C=C\C/C=C\C/C=C\CCCCCCCCCCCCCC(=O)NC(COP(=O)([O-])OCC[N+](C)(C)C)C(/C=C/CCCCCCCCCCC)OC(=O)CCCCCCCCCCCCCCCCC/C=C\C/C=C\CCCCC. The molecule has 0 saturated carbocycles. The summed E-state index contributed by atoms with van der Waals surface area (Å²) < 4.78 is 30.5. The molecule has 0 aliphatic rings. The molecule has 0 aromatic heterocycles. The Morgan fingerprint density at radius 3 is 1.04 bits per heavy atom. The molecule has 0 fully saturated rings. The van der Waals surface area contributed by atoms with Crippen LogP contribution in [0.3, 0.4) is 0 Å². The number of carbonyl (C=O) groups is 2. The summed E-state index contributed by atoms with van der Waals surface area (Å²) in [7, 11) is 1.19. The van der Waals surface area contributed by atoms with Crippen LogP contribution in [0.1, 0.15) is 355 Å². The number of esters is 1. The average Bonchev–Trinajstić information content (AvgIpc) is 3.70. The molecule has 1 amide bonds. The van der Waals surface area contributed by atoms with Crippen LogP contribution < -0.4 is 10.2 Å². The number of likely N-dealkylation sites (N-methyl/N-ethyl adjacent to an activating group) is 1. The monoisotopic (exact) mass is 1270 g/mol. The molecule has 9 nitrogen and oxygen atoms in total. The predicted octanol–water partition coefficient (Wildman–Crippen LogP) is 23.8. The van der Waals surface area contributed by atoms with Gasteiger partial charge in [-0.25, -0.2) is 0 Å². The average molecular weight is 1270 g/mol. The zero-order chi connectivity index (χ0) is 64.9. The molecule has 3 unspecified atom stereocenters. The molecule has 10 heteroatoms. The normalized spacial score (nSPS) is 13.9. The van der Waals surface area contributed by atoms with Crippen molar-refractivity contribution < 1.29 is 37.3 Å². The minimum absolute atomic E-state index is 0.0244. The summed E-state index contributed by atoms with van der Waals surface area (Å²) in [5.41, 5.74) is 0. The molecule has 0 rings (SSSR count). The van der Waals surface area contributed by atoms with Gasteiger partial charge in [0.1, 0.15) is 19.3 Å². The molecule has 0 aliphatic carbocycles. The first-order chi connectivity index (χ1) is 43.4. The number of quaternary nitrogens is 1. The number of unbranched alkanes of at least 4 members (excludes halogenated alkanes) is 41. The molecule has 89 heavy (non-hydrogen) atoms. The molecular formula is C79H145N2O7P. The number of hydrogen-bond acceptors (Lipinski definition) is 7. The number of nitrogens with one attached hydrogen (secondary N) is 1. The summed E-state index contributed by atoms with van der Waals surface area (Å²) in [5, 5.41) is 3.05. The van der Waals surface area contributed by atoms with E-state index in [1.165, 1.54) is 231 Å². The van der Waals surface area contributed by atoms with Crippen LogP contribution in [0.4, 0.5) is 0 Å². The highest BCUT2D eigenvalue weighted by Crippen LogP contribution is 2.38. The van der Waals surface area contributed by atoms with Crippen molar-refractivity contribution in [2.24, 2.45) is 0 Å². The Morgan fingerprint density at radius 2 is 0.685 bits per heavy atom. The van der Waals surface area contributed by atoms with Crippen LogP contribution in [0, 0.1) is 0 Å². The van der Waals surface area contributed by atoms with E-state index in [0.717, 1.165) is 89.9 Å². The second-order valence-corrected chi connectivity index (χ2v) is 28.2. The lowest BCUT2D eigenvalue weighted by Gasteiger charge is -2.30. The highest BCUT2D eigenvalue weighted by Gasteiger charge is 2.27. The van der Waals surface area contributed by atoms with Gasteiger partial charge in [0.2, 0.25) is 5.91 Å². The quantitative estimate of drug-likeness (QED) is 0.0212. The maximum Gasteiger partial charge on any atom is 0.306 e. The Labute approximate surface area is 552 Å². The van der Waals surface area contributed by atoms with Crippen molar-refractivity contribution in [1.82, 2.24) is 5.32 Å². The van der Waals surface area contributed by atoms with Crippen molar-refractivity contribution in [1.29, 1.82) is 0 Å². The molecule has 0 aromatic carbocycles. The van der Waals surface area contributed by atoms with Crippen LogP contribution >= 0.6 is 7.82 Å². The fourth-order valence-electron chi connectivity index (χ4n) is 11.0. The molecule has 0 heterocycles. The van der Waals surface area contributed by atoms with E-state index in [2.05, 4.69) is 99.0 Å². The van der Waals surface area contributed by atoms with Crippen molar-refractivity contribution >= 4 is 19.7 Å². The number of carbonyl (C=O) groups excluding carboxylic acids is 2. The Hall–Kier alpha value is -2.81. The number of amides is 1. The van der Waals surface area contributed by atoms with E-state index in [0.29, 0.717) is 17.4 Å². The third-order valence-electron chi connectivity index (χ3n) is 16.8. The van der Waals surface area contributed by atoms with E-state index in [4.69, 9.17) is 13.8 Å². The van der Waals surface area contributed by atoms with Crippen molar-refractivity contribution in [2.45, 2.75) is 367 Å². The molecule has 518 valence electrons. The maximum atomic E-state index is 13.6. The molecule has 0 aromatic rings. The largest absolute Gasteiger partial charge is 0.756 e. The van der Waals surface area contributed by atoms with Gasteiger partial charge in [0.25, 0.3) is 7.82 Å². The van der Waals surface area contributed by atoms with Crippen LogP contribution in [0.25, 0.3) is 0 Å². The lowest BCUT2D eigenvalue weighted by molar-refractivity contribution is -0.870. The van der Waals surface area contributed by atoms with Gasteiger partial charge in [0.05, 0.1) is 33.8 Å². The van der Waals surface area contributed by atoms with Crippen molar-refractivity contribution in [3.63, 3.8) is 0 Å². The second-order valence-electron chi connectivity index (χ2n) is 26.8. The van der Waals surface area contributed by atoms with E-state index in [1.54, 1.807) is 0 Å². The number of phosphoric acid groups is 1. The third kappa shape index (κ3) is 69.4. The highest BCUT2D eigenvalue weighted by molar-refractivity contribution is 7.45. The topological polar surface area (TPSA) is 114 Å². The Morgan fingerprint density at radius 1 is 0.393 bits per heavy atom. The molecule has 3 atom stereocenters. The van der Waals surface area contributed by atoms with Gasteiger partial charge in [-0.1, -0.05) is 318 Å². The van der Waals surface area contributed by atoms with Gasteiger partial charge >= 0.3 is 5.97 Å². The first kappa shape index (κ1) is 86.2. The van der Waals surface area contributed by atoms with Crippen LogP contribution in [-0.2, 0) is 27.9 Å². The predicted molar refractivity (Wildman–Crippen MR) is 385 cm³/mol. The zero-order valence-electron chi connectivity index (χ0n) is 59.4. The summed E-state index contributed by atoms with van der Waals surface area (Å²) in [5.74, 6) is -0.535. The van der Waals surface area contributed by atoms with Crippen molar-refractivity contribution in [3.05, 3.63) is 85.1 Å². The number of nitrogens with zero attached hydrogens (tertiary/aromatic N) is 1. The highest BCUT2D eigenvalue weighted by atomic mass is 31.2. The summed E-state index contributed by atoms with van der Waals surface area (Å²) in [6.45, 7) is 6.82. The van der Waals surface area contributed by atoms with E-state index >= 15 is 0 Å². The lowest BCUT2D eigenvalue weighted by atomic mass is 10.0. The smallest absolute Gasteiger partial charge is 0.306 e. The molecule has 0 aliphatic heterocycles. The van der Waals surface area contributed by atoms with Crippen LogP contribution in [0.15, 0.2) is 85.1 Å². The molecule has 0 radical (unpaired) electrons. The number of hydrogen-bond donors (Lipinski definition) is 1. The van der Waals surface area contributed by atoms with Gasteiger partial charge < -0.3 is 28.5 Å². The van der Waals surface area contributed by atoms with E-state index in [1.807, 2.05) is 33.3 Å². The first-order valence-electron chi connectivity index (χ1n) is 37.9. The molecule has 1 N–H and O–H groups in total. The second kappa shape index (κ2) is 68.1. The van der Waals surface area contributed by atoms with Gasteiger partial charge in [0, 0.05) is 12.8 Å². The standard InChI is InChI=1S/C79H145N2O7P/c1-7-10-13-16-19-22-25-27-29-31-33-35-37-39-40-42-43-45-47-49-51-53-56-59-62-65-68-71-78(82)80-76(75-87-89(84,85)86-74-73-81(4,5)6)77(70-67-64-61-58-55-24-21-18-15-12-9-3)88-79(83)72-69-66-63-60-57-54-52-50-48-46-44-41-38-36-34-32-30-28-26-23-20-17-14-11-8-2/h19-20,22-23,27-30,33,35,39-40,67,70,76-77H,7-18,21,24-26,31-32,34,36-38,41-66,68-69,71-75H2,1-6H3,(H-,80,82,84,85)/b22-19-,23-20-,29-27-,30-28-,35-33-,40-39-,70-67+. The first-order valence-corrected chi connectivity index (χ1v) is 39.4. The number of ether oxygens (including phenoxy) is 1. The summed E-state index contributed by atoms with van der Waals surface area (Å²) in [6.07, 6.45) is 91.4. The molecule has 0 saturated heterocycles. The molecule has 0 bridgehead atoms. The lowest BCUT2D eigenvalue weighted by Crippen LogP contribution is -2.47. The number of rotatable bonds is 69. The maximum absolute atomic E-state index is 13.6. The van der Waals surface area contributed by atoms with Crippen molar-refractivity contribution in [3.8, 4) is 0 Å². The third-order valence-corrected chi connectivity index (χ3v) is 17.8. The summed E-state index contributed by atoms with van der Waals surface area (Å²) >= 11 is 0. The minimum Gasteiger partial charge on any atom is -0.756 e. The fraction of sp³-hybridized carbons (Fsp3) is 0.797. The summed E-state index contributed by atoms with van der Waals surface area (Å²) in [4.78, 5) is 40.2. The Kier molecular flexibility index (Phi) is 65.9. The van der Waals surface area contributed by atoms with Gasteiger partial charge in [-0.15, -0.1) is 0 Å². The van der Waals surface area contributed by atoms with E-state index < -0.39 is 26.6 Å². The number of allylic oxidation sites excluding steroid dienone is 13. The summed E-state index contributed by atoms with van der Waals surface area (Å²) in [6, 6.07) is -0.894. The molecule has 0 spiro atoms.